The lowest BCUT2D eigenvalue weighted by atomic mass is 9.79. The fourth-order valence-electron chi connectivity index (χ4n) is 2.89. The second-order valence-corrected chi connectivity index (χ2v) is 5.37. The number of nitrogens with zero attached hydrogens (tertiary/aromatic N) is 1. The number of methoxy groups -OCH3 is 1. The molecule has 0 bridgehead atoms. The van der Waals surface area contributed by atoms with Crippen molar-refractivity contribution in [3.05, 3.63) is 35.1 Å². The molecule has 0 aliphatic heterocycles. The Balaban J connectivity index is 1.93. The summed E-state index contributed by atoms with van der Waals surface area (Å²) in [7, 11) is 1.43. The molecule has 1 saturated carbocycles. The van der Waals surface area contributed by atoms with Crippen LogP contribution >= 0.6 is 0 Å². The van der Waals surface area contributed by atoms with E-state index >= 15 is 0 Å². The van der Waals surface area contributed by atoms with Crippen molar-refractivity contribution < 1.29 is 13.9 Å². The van der Waals surface area contributed by atoms with Crippen LogP contribution in [0.25, 0.3) is 0 Å². The van der Waals surface area contributed by atoms with E-state index in [1.54, 1.807) is 12.1 Å². The minimum atomic E-state index is -0.467. The second-order valence-electron chi connectivity index (χ2n) is 5.37. The van der Waals surface area contributed by atoms with Gasteiger partial charge in [-0.05, 0) is 55.7 Å². The SMILES string of the molecule is COC(=O)C1CCC(Cc2ccc(F)c(C#N)c2)CC1. The third-order valence-electron chi connectivity index (χ3n) is 4.06. The van der Waals surface area contributed by atoms with Crippen molar-refractivity contribution >= 4 is 5.97 Å². The first kappa shape index (κ1) is 14.5. The molecule has 106 valence electrons. The van der Waals surface area contributed by atoms with Gasteiger partial charge in [0.05, 0.1) is 18.6 Å². The fraction of sp³-hybridized carbons (Fsp3) is 0.500. The summed E-state index contributed by atoms with van der Waals surface area (Å²) in [5.74, 6) is -0.0605. The largest absolute Gasteiger partial charge is 0.469 e. The van der Waals surface area contributed by atoms with Crippen LogP contribution in [-0.4, -0.2) is 13.1 Å². The highest BCUT2D eigenvalue weighted by Crippen LogP contribution is 2.31. The maximum Gasteiger partial charge on any atom is 0.308 e. The Morgan fingerprint density at radius 1 is 1.40 bits per heavy atom. The van der Waals surface area contributed by atoms with Crippen molar-refractivity contribution in [1.29, 1.82) is 5.26 Å². The Labute approximate surface area is 118 Å². The van der Waals surface area contributed by atoms with Gasteiger partial charge in [0.1, 0.15) is 11.9 Å². The minimum Gasteiger partial charge on any atom is -0.469 e. The van der Waals surface area contributed by atoms with Crippen LogP contribution in [-0.2, 0) is 16.0 Å². The zero-order valence-electron chi connectivity index (χ0n) is 11.6. The first-order chi connectivity index (χ1) is 9.63. The molecule has 0 amide bonds. The van der Waals surface area contributed by atoms with Gasteiger partial charge in [-0.25, -0.2) is 4.39 Å². The van der Waals surface area contributed by atoms with Crippen molar-refractivity contribution in [2.75, 3.05) is 7.11 Å². The molecule has 0 spiro atoms. The molecule has 4 heteroatoms. The molecule has 1 aromatic rings. The lowest BCUT2D eigenvalue weighted by Gasteiger charge is -2.26. The molecular weight excluding hydrogens is 257 g/mol. The molecule has 0 aromatic heterocycles. The van der Waals surface area contributed by atoms with E-state index in [0.29, 0.717) is 5.92 Å². The third-order valence-corrected chi connectivity index (χ3v) is 4.06. The van der Waals surface area contributed by atoms with Crippen LogP contribution in [0.2, 0.25) is 0 Å². The molecule has 1 fully saturated rings. The van der Waals surface area contributed by atoms with Crippen LogP contribution in [0, 0.1) is 29.0 Å². The molecule has 0 saturated heterocycles. The Kier molecular flexibility index (Phi) is 4.73. The average Bonchev–Trinajstić information content (AvgIpc) is 2.49. The number of carbonyl (C=O) groups excluding carboxylic acids is 1. The van der Waals surface area contributed by atoms with Crippen LogP contribution in [0.15, 0.2) is 18.2 Å². The normalized spacial score (nSPS) is 22.1. The van der Waals surface area contributed by atoms with Crippen LogP contribution in [0.5, 0.6) is 0 Å². The van der Waals surface area contributed by atoms with Crippen LogP contribution in [0.3, 0.4) is 0 Å². The highest BCUT2D eigenvalue weighted by Gasteiger charge is 2.26. The van der Waals surface area contributed by atoms with Gasteiger partial charge in [-0.1, -0.05) is 6.07 Å². The van der Waals surface area contributed by atoms with Gasteiger partial charge >= 0.3 is 5.97 Å². The summed E-state index contributed by atoms with van der Waals surface area (Å²) in [5.41, 5.74) is 1.09. The monoisotopic (exact) mass is 275 g/mol. The summed E-state index contributed by atoms with van der Waals surface area (Å²) < 4.78 is 18.0. The molecule has 0 N–H and O–H groups in total. The number of benzene rings is 1. The molecule has 20 heavy (non-hydrogen) atoms. The number of carbonyl (C=O) groups is 1. The first-order valence-electron chi connectivity index (χ1n) is 6.90. The molecule has 2 rings (SSSR count). The van der Waals surface area contributed by atoms with Crippen LogP contribution in [0.1, 0.15) is 36.8 Å². The topological polar surface area (TPSA) is 50.1 Å². The molecule has 0 atom stereocenters. The molecule has 1 aliphatic rings. The van der Waals surface area contributed by atoms with Gasteiger partial charge in [0, 0.05) is 0 Å². The van der Waals surface area contributed by atoms with Crippen molar-refractivity contribution in [3.8, 4) is 6.07 Å². The van der Waals surface area contributed by atoms with E-state index in [4.69, 9.17) is 10.00 Å². The van der Waals surface area contributed by atoms with Gasteiger partial charge in [-0.15, -0.1) is 0 Å². The van der Waals surface area contributed by atoms with Crippen LogP contribution in [0.4, 0.5) is 4.39 Å². The van der Waals surface area contributed by atoms with E-state index < -0.39 is 5.82 Å². The summed E-state index contributed by atoms with van der Waals surface area (Å²) in [4.78, 5) is 11.5. The maximum absolute atomic E-state index is 13.3. The average molecular weight is 275 g/mol. The summed E-state index contributed by atoms with van der Waals surface area (Å²) >= 11 is 0. The predicted molar refractivity (Wildman–Crippen MR) is 72.3 cm³/mol. The third kappa shape index (κ3) is 3.36. The number of halogens is 1. The van der Waals surface area contributed by atoms with E-state index in [1.807, 2.05) is 6.07 Å². The molecule has 0 radical (unpaired) electrons. The van der Waals surface area contributed by atoms with Gasteiger partial charge in [0.15, 0.2) is 0 Å². The fourth-order valence-corrected chi connectivity index (χ4v) is 2.89. The smallest absolute Gasteiger partial charge is 0.308 e. The number of hydrogen-bond acceptors (Lipinski definition) is 3. The van der Waals surface area contributed by atoms with E-state index in [9.17, 15) is 9.18 Å². The van der Waals surface area contributed by atoms with Gasteiger partial charge in [0.2, 0.25) is 0 Å². The second kappa shape index (κ2) is 6.51. The van der Waals surface area contributed by atoms with Gasteiger partial charge in [0.25, 0.3) is 0 Å². The van der Waals surface area contributed by atoms with Crippen molar-refractivity contribution in [2.24, 2.45) is 11.8 Å². The number of ether oxygens (including phenoxy) is 1. The molecule has 0 heterocycles. The van der Waals surface area contributed by atoms with Crippen molar-refractivity contribution in [3.63, 3.8) is 0 Å². The Bertz CT molecular complexity index is 528. The summed E-state index contributed by atoms with van der Waals surface area (Å²) in [6, 6.07) is 6.59. The van der Waals surface area contributed by atoms with E-state index in [0.717, 1.165) is 37.7 Å². The Morgan fingerprint density at radius 2 is 2.10 bits per heavy atom. The standard InChI is InChI=1S/C16H18FNO2/c1-20-16(19)13-5-2-11(3-6-13)8-12-4-7-15(17)14(9-12)10-18/h4,7,9,11,13H,2-3,5-6,8H2,1H3. The molecule has 0 unspecified atom stereocenters. The van der Waals surface area contributed by atoms with Crippen LogP contribution < -0.4 is 0 Å². The highest BCUT2D eigenvalue weighted by molar-refractivity contribution is 5.72. The molecule has 1 aromatic carbocycles. The molecule has 3 nitrogen and oxygen atoms in total. The summed E-state index contributed by atoms with van der Waals surface area (Å²) in [6.07, 6.45) is 4.48. The predicted octanol–water partition coefficient (Wildman–Crippen LogP) is 3.22. The van der Waals surface area contributed by atoms with E-state index in [1.165, 1.54) is 13.2 Å². The van der Waals surface area contributed by atoms with Crippen molar-refractivity contribution in [2.45, 2.75) is 32.1 Å². The Morgan fingerprint density at radius 3 is 2.70 bits per heavy atom. The molecule has 1 aliphatic carbocycles. The zero-order chi connectivity index (χ0) is 14.5. The quantitative estimate of drug-likeness (QED) is 0.796. The highest BCUT2D eigenvalue weighted by atomic mass is 19.1. The number of rotatable bonds is 3. The van der Waals surface area contributed by atoms with E-state index in [-0.39, 0.29) is 17.5 Å². The van der Waals surface area contributed by atoms with E-state index in [2.05, 4.69) is 0 Å². The van der Waals surface area contributed by atoms with Gasteiger partial charge in [-0.3, -0.25) is 4.79 Å². The molecular formula is C16H18FNO2. The Hall–Kier alpha value is -1.89. The minimum absolute atomic E-state index is 0.0270. The van der Waals surface area contributed by atoms with Crippen molar-refractivity contribution in [1.82, 2.24) is 0 Å². The summed E-state index contributed by atoms with van der Waals surface area (Å²) in [6.45, 7) is 0. The van der Waals surface area contributed by atoms with Gasteiger partial charge in [-0.2, -0.15) is 5.26 Å². The maximum atomic E-state index is 13.3. The number of nitriles is 1. The number of hydrogen-bond donors (Lipinski definition) is 0. The summed E-state index contributed by atoms with van der Waals surface area (Å²) in [5, 5.41) is 8.83. The lowest BCUT2D eigenvalue weighted by molar-refractivity contribution is -0.146. The number of esters is 1. The lowest BCUT2D eigenvalue weighted by Crippen LogP contribution is -2.23. The first-order valence-corrected chi connectivity index (χ1v) is 6.90. The zero-order valence-corrected chi connectivity index (χ0v) is 11.6. The van der Waals surface area contributed by atoms with Gasteiger partial charge < -0.3 is 4.74 Å².